The van der Waals surface area contributed by atoms with Gasteiger partial charge in [-0.15, -0.1) is 11.3 Å². The van der Waals surface area contributed by atoms with Crippen LogP contribution in [0.4, 0.5) is 5.00 Å². The lowest BCUT2D eigenvalue weighted by Gasteiger charge is -2.13. The fourth-order valence-electron chi connectivity index (χ4n) is 3.68. The minimum absolute atomic E-state index is 0.0302. The minimum atomic E-state index is -3.08. The molecule has 1 aromatic carbocycles. The average molecular weight is 439 g/mol. The fourth-order valence-corrected chi connectivity index (χ4v) is 6.76. The smallest absolute Gasteiger partial charge is 0.256 e. The molecule has 2 heterocycles. The van der Waals surface area contributed by atoms with Crippen molar-refractivity contribution < 1.29 is 18.0 Å². The van der Waals surface area contributed by atoms with Crippen LogP contribution < -0.4 is 10.6 Å². The molecule has 28 heavy (non-hydrogen) atoms. The summed E-state index contributed by atoms with van der Waals surface area (Å²) in [7, 11) is -3.08. The molecule has 2 aromatic rings. The van der Waals surface area contributed by atoms with E-state index in [2.05, 4.69) is 10.6 Å². The van der Waals surface area contributed by atoms with Gasteiger partial charge in [0.25, 0.3) is 11.8 Å². The Balaban J connectivity index is 1.57. The number of hydrogen-bond donors (Lipinski definition) is 2. The van der Waals surface area contributed by atoms with Crippen LogP contribution in [0.5, 0.6) is 0 Å². The Morgan fingerprint density at radius 1 is 1.11 bits per heavy atom. The van der Waals surface area contributed by atoms with E-state index < -0.39 is 9.84 Å². The highest BCUT2D eigenvalue weighted by Crippen LogP contribution is 2.39. The van der Waals surface area contributed by atoms with Crippen LogP contribution in [0.25, 0.3) is 0 Å². The lowest BCUT2D eigenvalue weighted by atomic mass is 10.1. The predicted octanol–water partition coefficient (Wildman–Crippen LogP) is 3.06. The minimum Gasteiger partial charge on any atom is -0.348 e. The number of amides is 2. The number of fused-ring (bicyclic) bond motifs is 1. The van der Waals surface area contributed by atoms with Crippen molar-refractivity contribution in [3.05, 3.63) is 50.9 Å². The number of hydrogen-bond acceptors (Lipinski definition) is 5. The number of anilines is 1. The lowest BCUT2D eigenvalue weighted by Crippen LogP contribution is -2.36. The molecule has 1 aromatic heterocycles. The van der Waals surface area contributed by atoms with Gasteiger partial charge in [-0.3, -0.25) is 9.59 Å². The second kappa shape index (κ2) is 7.50. The van der Waals surface area contributed by atoms with E-state index in [4.69, 9.17) is 11.6 Å². The van der Waals surface area contributed by atoms with E-state index in [1.54, 1.807) is 24.3 Å². The van der Waals surface area contributed by atoms with Crippen LogP contribution in [0.15, 0.2) is 24.3 Å². The summed E-state index contributed by atoms with van der Waals surface area (Å²) in [5, 5.41) is 6.76. The molecular weight excluding hydrogens is 420 g/mol. The molecule has 0 saturated carbocycles. The van der Waals surface area contributed by atoms with Gasteiger partial charge in [0.15, 0.2) is 9.84 Å². The van der Waals surface area contributed by atoms with Crippen molar-refractivity contribution in [2.75, 3.05) is 16.8 Å². The molecule has 0 bridgehead atoms. The first-order valence-corrected chi connectivity index (χ1v) is 12.1. The first kappa shape index (κ1) is 19.4. The molecule has 1 atom stereocenters. The van der Waals surface area contributed by atoms with Gasteiger partial charge in [-0.25, -0.2) is 8.42 Å². The Morgan fingerprint density at radius 3 is 2.54 bits per heavy atom. The highest BCUT2D eigenvalue weighted by atomic mass is 35.5. The number of sulfone groups is 1. The van der Waals surface area contributed by atoms with Gasteiger partial charge in [-0.1, -0.05) is 11.6 Å². The molecule has 0 spiro atoms. The average Bonchev–Trinajstić information content (AvgIpc) is 3.29. The zero-order valence-corrected chi connectivity index (χ0v) is 17.3. The van der Waals surface area contributed by atoms with Crippen LogP contribution in [-0.4, -0.2) is 37.8 Å². The van der Waals surface area contributed by atoms with Crippen LogP contribution in [0.1, 0.15) is 44.0 Å². The van der Waals surface area contributed by atoms with Crippen molar-refractivity contribution in [3.63, 3.8) is 0 Å². The molecule has 9 heteroatoms. The maximum Gasteiger partial charge on any atom is 0.256 e. The first-order valence-electron chi connectivity index (χ1n) is 9.05. The molecule has 0 radical (unpaired) electrons. The molecule has 2 N–H and O–H groups in total. The van der Waals surface area contributed by atoms with E-state index >= 15 is 0 Å². The molecule has 2 aliphatic rings. The monoisotopic (exact) mass is 438 g/mol. The summed E-state index contributed by atoms with van der Waals surface area (Å²) >= 11 is 7.29. The Bertz CT molecular complexity index is 1040. The summed E-state index contributed by atoms with van der Waals surface area (Å²) in [6.45, 7) is 0. The van der Waals surface area contributed by atoms with E-state index in [0.29, 0.717) is 27.6 Å². The van der Waals surface area contributed by atoms with E-state index in [1.165, 1.54) is 11.3 Å². The zero-order valence-electron chi connectivity index (χ0n) is 15.0. The number of halogens is 1. The predicted molar refractivity (Wildman–Crippen MR) is 110 cm³/mol. The van der Waals surface area contributed by atoms with Gasteiger partial charge in [0.2, 0.25) is 0 Å². The third-order valence-electron chi connectivity index (χ3n) is 5.05. The quantitative estimate of drug-likeness (QED) is 0.767. The topological polar surface area (TPSA) is 92.3 Å². The Kier molecular flexibility index (Phi) is 5.20. The molecular formula is C19H19ClN2O4S2. The van der Waals surface area contributed by atoms with Gasteiger partial charge in [-0.05, 0) is 55.5 Å². The van der Waals surface area contributed by atoms with Crippen LogP contribution in [-0.2, 0) is 22.7 Å². The molecule has 1 fully saturated rings. The van der Waals surface area contributed by atoms with E-state index in [9.17, 15) is 18.0 Å². The van der Waals surface area contributed by atoms with Crippen LogP contribution in [0, 0.1) is 0 Å². The van der Waals surface area contributed by atoms with Crippen molar-refractivity contribution in [3.8, 4) is 0 Å². The van der Waals surface area contributed by atoms with E-state index in [0.717, 1.165) is 29.7 Å². The Labute approximate surface area is 172 Å². The standard InChI is InChI=1S/C19H19ClN2O4S2/c20-12-6-4-11(5-7-12)17(23)22-19-16(14-2-1-3-15(14)27-19)18(24)21-13-8-9-28(25,26)10-13/h4-7,13H,1-3,8-10H2,(H,21,24)(H,22,23). The maximum atomic E-state index is 12.9. The molecule has 148 valence electrons. The summed E-state index contributed by atoms with van der Waals surface area (Å²) in [6, 6.07) is 6.15. The van der Waals surface area contributed by atoms with E-state index in [-0.39, 0.29) is 29.4 Å². The van der Waals surface area contributed by atoms with Crippen molar-refractivity contribution in [2.45, 2.75) is 31.7 Å². The normalized spacial score (nSPS) is 20.0. The van der Waals surface area contributed by atoms with Crippen LogP contribution in [0.3, 0.4) is 0 Å². The van der Waals surface area contributed by atoms with Crippen molar-refractivity contribution in [2.24, 2.45) is 0 Å². The number of thiophene rings is 1. The zero-order chi connectivity index (χ0) is 19.9. The van der Waals surface area contributed by atoms with E-state index in [1.807, 2.05) is 0 Å². The van der Waals surface area contributed by atoms with Crippen LogP contribution in [0.2, 0.25) is 5.02 Å². The summed E-state index contributed by atoms with van der Waals surface area (Å²) in [4.78, 5) is 26.7. The van der Waals surface area contributed by atoms with Gasteiger partial charge in [0, 0.05) is 21.5 Å². The van der Waals surface area contributed by atoms with Gasteiger partial charge in [0.1, 0.15) is 5.00 Å². The van der Waals surface area contributed by atoms with Crippen molar-refractivity contribution >= 4 is 49.6 Å². The van der Waals surface area contributed by atoms with Gasteiger partial charge in [0.05, 0.1) is 17.1 Å². The second-order valence-electron chi connectivity index (χ2n) is 7.10. The number of rotatable bonds is 4. The van der Waals surface area contributed by atoms with Gasteiger partial charge >= 0.3 is 0 Å². The highest BCUT2D eigenvalue weighted by molar-refractivity contribution is 7.91. The number of nitrogens with one attached hydrogen (secondary N) is 2. The van der Waals surface area contributed by atoms with Gasteiger partial charge < -0.3 is 10.6 Å². The SMILES string of the molecule is O=C(Nc1sc2c(c1C(=O)NC1CCS(=O)(=O)C1)CCC2)c1ccc(Cl)cc1. The third kappa shape index (κ3) is 3.94. The van der Waals surface area contributed by atoms with Crippen molar-refractivity contribution in [1.82, 2.24) is 5.32 Å². The lowest BCUT2D eigenvalue weighted by molar-refractivity contribution is 0.0941. The largest absolute Gasteiger partial charge is 0.348 e. The maximum absolute atomic E-state index is 12.9. The summed E-state index contributed by atoms with van der Waals surface area (Å²) in [5.41, 5.74) is 1.89. The van der Waals surface area contributed by atoms with Crippen LogP contribution >= 0.6 is 22.9 Å². The number of benzene rings is 1. The molecule has 1 aliphatic carbocycles. The molecule has 1 saturated heterocycles. The molecule has 2 amide bonds. The molecule has 4 rings (SSSR count). The second-order valence-corrected chi connectivity index (χ2v) is 10.9. The molecule has 1 aliphatic heterocycles. The van der Waals surface area contributed by atoms with Crippen molar-refractivity contribution in [1.29, 1.82) is 0 Å². The number of carbonyl (C=O) groups is 2. The first-order chi connectivity index (χ1) is 13.3. The molecule has 1 unspecified atom stereocenters. The summed E-state index contributed by atoms with van der Waals surface area (Å²) in [5.74, 6) is -0.556. The fraction of sp³-hybridized carbons (Fsp3) is 0.368. The number of carbonyl (C=O) groups excluding carboxylic acids is 2. The number of aryl methyl sites for hydroxylation is 1. The summed E-state index contributed by atoms with van der Waals surface area (Å²) in [6.07, 6.45) is 3.07. The summed E-state index contributed by atoms with van der Waals surface area (Å²) < 4.78 is 23.3. The van der Waals surface area contributed by atoms with Gasteiger partial charge in [-0.2, -0.15) is 0 Å². The third-order valence-corrected chi connectivity index (χ3v) is 8.28. The Hall–Kier alpha value is -1.90. The Morgan fingerprint density at radius 2 is 1.86 bits per heavy atom. The highest BCUT2D eigenvalue weighted by Gasteiger charge is 2.32. The molecule has 6 nitrogen and oxygen atoms in total.